The first-order chi connectivity index (χ1) is 12.3. The van der Waals surface area contributed by atoms with Crippen LogP contribution in [-0.4, -0.2) is 31.1 Å². The second-order valence-corrected chi connectivity index (χ2v) is 5.25. The van der Waals surface area contributed by atoms with Crippen molar-refractivity contribution in [1.29, 1.82) is 0 Å². The fourth-order valence-electron chi connectivity index (χ4n) is 2.37. The molecule has 0 amide bonds. The van der Waals surface area contributed by atoms with Gasteiger partial charge in [0.2, 0.25) is 0 Å². The molecule has 0 atom stereocenters. The van der Waals surface area contributed by atoms with Crippen molar-refractivity contribution in [3.05, 3.63) is 75.3 Å². The Bertz CT molecular complexity index is 920. The van der Waals surface area contributed by atoms with Crippen LogP contribution in [0.15, 0.2) is 43.0 Å². The van der Waals surface area contributed by atoms with Crippen LogP contribution in [0.4, 0.5) is 11.4 Å². The Morgan fingerprint density at radius 1 is 1.00 bits per heavy atom. The number of hydrogen-bond acceptors (Lipinski definition) is 7. The van der Waals surface area contributed by atoms with Gasteiger partial charge < -0.3 is 15.2 Å². The number of nitrogens with zero attached hydrogens (tertiary/aromatic N) is 1. The van der Waals surface area contributed by atoms with Crippen LogP contribution in [0.5, 0.6) is 0 Å². The van der Waals surface area contributed by atoms with Gasteiger partial charge in [0.1, 0.15) is 5.56 Å². The average molecular weight is 356 g/mol. The van der Waals surface area contributed by atoms with Gasteiger partial charge in [0.25, 0.3) is 5.69 Å². The maximum atomic E-state index is 11.7. The Morgan fingerprint density at radius 3 is 2.00 bits per heavy atom. The summed E-state index contributed by atoms with van der Waals surface area (Å²) in [5.41, 5.74) is 7.13. The topological polar surface area (TPSA) is 122 Å². The Morgan fingerprint density at radius 2 is 1.50 bits per heavy atom. The lowest BCUT2D eigenvalue weighted by molar-refractivity contribution is -0.385. The number of rotatable bonds is 5. The zero-order chi connectivity index (χ0) is 19.4. The first-order valence-electron chi connectivity index (χ1n) is 7.34. The molecule has 2 rings (SSSR count). The molecule has 134 valence electrons. The van der Waals surface area contributed by atoms with Gasteiger partial charge in [-0.05, 0) is 34.9 Å². The molecular weight excluding hydrogens is 340 g/mol. The van der Waals surface area contributed by atoms with Gasteiger partial charge in [-0.25, -0.2) is 9.59 Å². The molecule has 0 aromatic heterocycles. The van der Waals surface area contributed by atoms with Crippen molar-refractivity contribution in [2.75, 3.05) is 20.0 Å². The minimum Gasteiger partial charge on any atom is -0.465 e. The molecule has 0 aliphatic heterocycles. The molecular formula is C18H16N2O6. The van der Waals surface area contributed by atoms with Gasteiger partial charge in [-0.2, -0.15) is 0 Å². The highest BCUT2D eigenvalue weighted by Crippen LogP contribution is 2.29. The lowest BCUT2D eigenvalue weighted by atomic mass is 9.96. The van der Waals surface area contributed by atoms with E-state index in [0.717, 1.165) is 7.11 Å². The van der Waals surface area contributed by atoms with E-state index in [1.807, 2.05) is 0 Å². The molecule has 2 aromatic carbocycles. The van der Waals surface area contributed by atoms with E-state index in [1.165, 1.54) is 37.4 Å². The van der Waals surface area contributed by atoms with Crippen molar-refractivity contribution in [3.63, 3.8) is 0 Å². The first-order valence-corrected chi connectivity index (χ1v) is 7.34. The van der Waals surface area contributed by atoms with Crippen LogP contribution in [-0.2, 0) is 9.47 Å². The van der Waals surface area contributed by atoms with Crippen LogP contribution in [0.3, 0.4) is 0 Å². The Labute approximate surface area is 149 Å². The molecule has 0 unspecified atom stereocenters. The number of methoxy groups -OCH3 is 2. The van der Waals surface area contributed by atoms with Crippen molar-refractivity contribution in [2.45, 2.75) is 0 Å². The predicted molar refractivity (Wildman–Crippen MR) is 94.8 cm³/mol. The van der Waals surface area contributed by atoms with Crippen molar-refractivity contribution in [1.82, 2.24) is 0 Å². The Hall–Kier alpha value is -3.68. The zero-order valence-corrected chi connectivity index (χ0v) is 14.1. The third-order valence-corrected chi connectivity index (χ3v) is 3.75. The van der Waals surface area contributed by atoms with Gasteiger partial charge in [0.15, 0.2) is 0 Å². The maximum absolute atomic E-state index is 11.7. The Kier molecular flexibility index (Phi) is 5.36. The quantitative estimate of drug-likeness (QED) is 0.378. The second kappa shape index (κ2) is 7.47. The summed E-state index contributed by atoms with van der Waals surface area (Å²) in [6, 6.07) is 8.67. The fraction of sp³-hybridized carbons (Fsp3) is 0.111. The molecule has 0 spiro atoms. The van der Waals surface area contributed by atoms with E-state index in [-0.39, 0.29) is 16.8 Å². The van der Waals surface area contributed by atoms with Crippen molar-refractivity contribution in [2.24, 2.45) is 0 Å². The van der Waals surface area contributed by atoms with Gasteiger partial charge in [-0.3, -0.25) is 10.1 Å². The normalized spacial score (nSPS) is 10.1. The summed E-state index contributed by atoms with van der Waals surface area (Å²) >= 11 is 0. The molecule has 0 fully saturated rings. The number of nitro benzene ring substituents is 1. The van der Waals surface area contributed by atoms with Gasteiger partial charge in [-0.15, -0.1) is 0 Å². The first kappa shape index (κ1) is 18.7. The third kappa shape index (κ3) is 3.54. The molecule has 8 nitrogen and oxygen atoms in total. The van der Waals surface area contributed by atoms with Crippen LogP contribution in [0.25, 0.3) is 5.57 Å². The number of nitro groups is 1. The number of anilines is 1. The number of carbonyl (C=O) groups excluding carboxylic acids is 2. The van der Waals surface area contributed by atoms with Crippen LogP contribution in [0.1, 0.15) is 31.8 Å². The minimum atomic E-state index is -0.805. The highest BCUT2D eigenvalue weighted by Gasteiger charge is 2.22. The van der Waals surface area contributed by atoms with Crippen LogP contribution in [0, 0.1) is 10.1 Å². The fourth-order valence-corrected chi connectivity index (χ4v) is 2.37. The lowest BCUT2D eigenvalue weighted by Crippen LogP contribution is -2.07. The van der Waals surface area contributed by atoms with E-state index in [4.69, 9.17) is 5.73 Å². The number of ether oxygens (including phenoxy) is 2. The molecule has 0 radical (unpaired) electrons. The van der Waals surface area contributed by atoms with Crippen LogP contribution >= 0.6 is 0 Å². The number of hydrogen-bond donors (Lipinski definition) is 1. The number of esters is 2. The van der Waals surface area contributed by atoms with Crippen molar-refractivity contribution in [3.8, 4) is 0 Å². The smallest absolute Gasteiger partial charge is 0.344 e. The molecule has 0 aliphatic carbocycles. The highest BCUT2D eigenvalue weighted by molar-refractivity contribution is 5.97. The number of benzene rings is 2. The summed E-state index contributed by atoms with van der Waals surface area (Å²) in [7, 11) is 2.39. The maximum Gasteiger partial charge on any atom is 0.344 e. The summed E-state index contributed by atoms with van der Waals surface area (Å²) in [4.78, 5) is 33.8. The molecule has 0 saturated carbocycles. The molecule has 0 heterocycles. The largest absolute Gasteiger partial charge is 0.465 e. The molecule has 0 aliphatic rings. The molecule has 2 aromatic rings. The Balaban J connectivity index is 2.45. The second-order valence-electron chi connectivity index (χ2n) is 5.25. The molecule has 26 heavy (non-hydrogen) atoms. The zero-order valence-electron chi connectivity index (χ0n) is 14.1. The molecule has 8 heteroatoms. The van der Waals surface area contributed by atoms with Gasteiger partial charge >= 0.3 is 11.9 Å². The van der Waals surface area contributed by atoms with E-state index in [1.54, 1.807) is 6.07 Å². The average Bonchev–Trinajstić information content (AvgIpc) is 2.65. The minimum absolute atomic E-state index is 0.158. The van der Waals surface area contributed by atoms with E-state index in [9.17, 15) is 19.7 Å². The number of nitrogen functional groups attached to an aromatic ring is 1. The van der Waals surface area contributed by atoms with E-state index < -0.39 is 22.5 Å². The van der Waals surface area contributed by atoms with Gasteiger partial charge in [0.05, 0.1) is 24.7 Å². The standard InChI is InChI=1S/C18H16N2O6/c1-10(11-4-6-13(15(19)8-11)17(21)25-2)12-5-7-14(18(22)26-3)16(9-12)20(23)24/h4-9H,1,19H2,2-3H3. The summed E-state index contributed by atoms with van der Waals surface area (Å²) in [6.45, 7) is 3.92. The molecule has 0 bridgehead atoms. The molecule has 0 saturated heterocycles. The SMILES string of the molecule is C=C(c1ccc(C(=O)OC)c(N)c1)c1ccc(C(=O)OC)c([N+](=O)[O-])c1. The lowest BCUT2D eigenvalue weighted by Gasteiger charge is -2.10. The van der Waals surface area contributed by atoms with E-state index >= 15 is 0 Å². The van der Waals surface area contributed by atoms with Crippen molar-refractivity contribution >= 4 is 28.9 Å². The molecule has 2 N–H and O–H groups in total. The summed E-state index contributed by atoms with van der Waals surface area (Å²) < 4.78 is 9.18. The van der Waals surface area contributed by atoms with E-state index in [0.29, 0.717) is 16.7 Å². The predicted octanol–water partition coefficient (Wildman–Crippen LogP) is 2.81. The highest BCUT2D eigenvalue weighted by atomic mass is 16.6. The monoisotopic (exact) mass is 356 g/mol. The van der Waals surface area contributed by atoms with Crippen LogP contribution in [0.2, 0.25) is 0 Å². The summed E-state index contributed by atoms with van der Waals surface area (Å²) in [5, 5.41) is 11.3. The van der Waals surface area contributed by atoms with E-state index in [2.05, 4.69) is 16.1 Å². The summed E-state index contributed by atoms with van der Waals surface area (Å²) in [6.07, 6.45) is 0. The number of carbonyl (C=O) groups is 2. The van der Waals surface area contributed by atoms with Crippen molar-refractivity contribution < 1.29 is 24.0 Å². The third-order valence-electron chi connectivity index (χ3n) is 3.75. The van der Waals surface area contributed by atoms with Gasteiger partial charge in [-0.1, -0.05) is 18.7 Å². The summed E-state index contributed by atoms with van der Waals surface area (Å²) in [5.74, 6) is -1.38. The number of nitrogens with two attached hydrogens (primary N) is 1. The van der Waals surface area contributed by atoms with Crippen LogP contribution < -0.4 is 5.73 Å². The van der Waals surface area contributed by atoms with Gasteiger partial charge in [0, 0.05) is 11.8 Å².